The van der Waals surface area contributed by atoms with Crippen LogP contribution in [-0.4, -0.2) is 4.98 Å². The maximum Gasteiger partial charge on any atom is 0.0340 e. The summed E-state index contributed by atoms with van der Waals surface area (Å²) in [7, 11) is 0. The maximum absolute atomic E-state index is 4.05. The Kier molecular flexibility index (Phi) is 1.72. The van der Waals surface area contributed by atoms with Gasteiger partial charge in [-0.1, -0.05) is 17.7 Å². The molecule has 56 valence electrons. The van der Waals surface area contributed by atoms with Crippen molar-refractivity contribution in [3.8, 4) is 0 Å². The van der Waals surface area contributed by atoms with Crippen LogP contribution in [-0.2, 0) is 0 Å². The van der Waals surface area contributed by atoms with Crippen molar-refractivity contribution < 1.29 is 0 Å². The van der Waals surface area contributed by atoms with Gasteiger partial charge < -0.3 is 0 Å². The van der Waals surface area contributed by atoms with E-state index in [0.29, 0.717) is 0 Å². The van der Waals surface area contributed by atoms with Gasteiger partial charge in [-0.2, -0.15) is 0 Å². The Labute approximate surface area is 66.8 Å². The molecule has 1 aliphatic carbocycles. The molecule has 0 spiro atoms. The Hall–Kier alpha value is -1.11. The summed E-state index contributed by atoms with van der Waals surface area (Å²) in [6, 6.07) is 4.07. The Morgan fingerprint density at radius 1 is 1.36 bits per heavy atom. The highest BCUT2D eigenvalue weighted by Gasteiger charge is 2.06. The second kappa shape index (κ2) is 2.87. The van der Waals surface area contributed by atoms with E-state index in [0.717, 1.165) is 0 Å². The molecule has 0 bridgehead atoms. The van der Waals surface area contributed by atoms with Crippen molar-refractivity contribution in [2.75, 3.05) is 0 Å². The Bertz CT molecular complexity index is 255. The molecule has 0 atom stereocenters. The summed E-state index contributed by atoms with van der Waals surface area (Å²) in [5.74, 6) is 0. The number of pyridine rings is 1. The molecule has 1 aromatic heterocycles. The Morgan fingerprint density at radius 2 is 2.27 bits per heavy atom. The third-order valence-corrected chi connectivity index (χ3v) is 2.05. The zero-order valence-electron chi connectivity index (χ0n) is 6.46. The standard InChI is InChI=1S/C10H11N/c1-3-9(4-1)7-10-5-2-6-11-8-10/h2,5-8H,1,3-4H2. The summed E-state index contributed by atoms with van der Waals surface area (Å²) < 4.78 is 0. The zero-order valence-corrected chi connectivity index (χ0v) is 6.46. The summed E-state index contributed by atoms with van der Waals surface area (Å²) in [6.07, 6.45) is 9.90. The number of hydrogen-bond acceptors (Lipinski definition) is 1. The van der Waals surface area contributed by atoms with Crippen LogP contribution in [0.3, 0.4) is 0 Å². The first-order valence-corrected chi connectivity index (χ1v) is 4.04. The summed E-state index contributed by atoms with van der Waals surface area (Å²) in [5, 5.41) is 0. The van der Waals surface area contributed by atoms with Gasteiger partial charge in [-0.15, -0.1) is 0 Å². The lowest BCUT2D eigenvalue weighted by atomic mass is 9.91. The number of hydrogen-bond donors (Lipinski definition) is 0. The average molecular weight is 145 g/mol. The largest absolute Gasteiger partial charge is 0.264 e. The number of allylic oxidation sites excluding steroid dienone is 1. The van der Waals surface area contributed by atoms with Gasteiger partial charge in [0.15, 0.2) is 0 Å². The van der Waals surface area contributed by atoms with Gasteiger partial charge >= 0.3 is 0 Å². The zero-order chi connectivity index (χ0) is 7.52. The molecular formula is C10H11N. The fourth-order valence-electron chi connectivity index (χ4n) is 1.22. The van der Waals surface area contributed by atoms with E-state index in [4.69, 9.17) is 0 Å². The molecule has 0 amide bonds. The van der Waals surface area contributed by atoms with Crippen molar-refractivity contribution in [1.82, 2.24) is 4.98 Å². The lowest BCUT2D eigenvalue weighted by Crippen LogP contribution is -1.95. The first-order chi connectivity index (χ1) is 5.45. The average Bonchev–Trinajstić information content (AvgIpc) is 1.99. The van der Waals surface area contributed by atoms with E-state index in [-0.39, 0.29) is 0 Å². The molecule has 0 aromatic carbocycles. The van der Waals surface area contributed by atoms with E-state index in [2.05, 4.69) is 17.1 Å². The van der Waals surface area contributed by atoms with Gasteiger partial charge in [0.1, 0.15) is 0 Å². The van der Waals surface area contributed by atoms with E-state index in [1.54, 1.807) is 5.57 Å². The predicted molar refractivity (Wildman–Crippen MR) is 46.1 cm³/mol. The van der Waals surface area contributed by atoms with Crippen LogP contribution in [0.1, 0.15) is 24.8 Å². The van der Waals surface area contributed by atoms with E-state index in [1.807, 2.05) is 18.5 Å². The topological polar surface area (TPSA) is 12.9 Å². The van der Waals surface area contributed by atoms with Crippen molar-refractivity contribution >= 4 is 6.08 Å². The second-order valence-electron chi connectivity index (χ2n) is 2.94. The molecule has 1 fully saturated rings. The second-order valence-corrected chi connectivity index (χ2v) is 2.94. The minimum absolute atomic E-state index is 1.24. The first kappa shape index (κ1) is 6.59. The van der Waals surface area contributed by atoms with Crippen molar-refractivity contribution in [2.24, 2.45) is 0 Å². The van der Waals surface area contributed by atoms with Crippen molar-refractivity contribution in [1.29, 1.82) is 0 Å². The number of rotatable bonds is 1. The minimum atomic E-state index is 1.24. The highest BCUT2D eigenvalue weighted by Crippen LogP contribution is 2.26. The summed E-state index contributed by atoms with van der Waals surface area (Å²) >= 11 is 0. The van der Waals surface area contributed by atoms with E-state index < -0.39 is 0 Å². The first-order valence-electron chi connectivity index (χ1n) is 4.04. The van der Waals surface area contributed by atoms with Crippen molar-refractivity contribution in [3.05, 3.63) is 35.7 Å². The molecule has 1 aromatic rings. The molecule has 0 aliphatic heterocycles. The van der Waals surface area contributed by atoms with Crippen LogP contribution >= 0.6 is 0 Å². The highest BCUT2D eigenvalue weighted by molar-refractivity contribution is 5.52. The normalized spacial score (nSPS) is 15.8. The maximum atomic E-state index is 4.05. The molecule has 11 heavy (non-hydrogen) atoms. The van der Waals surface area contributed by atoms with Crippen LogP contribution in [0.25, 0.3) is 6.08 Å². The molecule has 1 heteroatoms. The predicted octanol–water partition coefficient (Wildman–Crippen LogP) is 2.65. The van der Waals surface area contributed by atoms with E-state index in [9.17, 15) is 0 Å². The van der Waals surface area contributed by atoms with E-state index >= 15 is 0 Å². The monoisotopic (exact) mass is 145 g/mol. The molecule has 1 aliphatic rings. The summed E-state index contributed by atoms with van der Waals surface area (Å²) in [6.45, 7) is 0. The molecule has 0 N–H and O–H groups in total. The fraction of sp³-hybridized carbons (Fsp3) is 0.300. The van der Waals surface area contributed by atoms with Gasteiger partial charge in [-0.05, 0) is 30.9 Å². The Morgan fingerprint density at radius 3 is 2.82 bits per heavy atom. The van der Waals surface area contributed by atoms with Crippen LogP contribution in [0.5, 0.6) is 0 Å². The SMILES string of the molecule is C(=C1CCC1)c1cccnc1. The van der Waals surface area contributed by atoms with Gasteiger partial charge in [-0.3, -0.25) is 4.98 Å². The molecular weight excluding hydrogens is 134 g/mol. The lowest BCUT2D eigenvalue weighted by Gasteiger charge is -2.15. The molecule has 0 unspecified atom stereocenters. The third-order valence-electron chi connectivity index (χ3n) is 2.05. The lowest BCUT2D eigenvalue weighted by molar-refractivity contribution is 0.670. The van der Waals surface area contributed by atoms with Gasteiger partial charge in [-0.25, -0.2) is 0 Å². The summed E-state index contributed by atoms with van der Waals surface area (Å²) in [5.41, 5.74) is 2.81. The van der Waals surface area contributed by atoms with Crippen molar-refractivity contribution in [2.45, 2.75) is 19.3 Å². The van der Waals surface area contributed by atoms with E-state index in [1.165, 1.54) is 24.8 Å². The van der Waals surface area contributed by atoms with Gasteiger partial charge in [0.2, 0.25) is 0 Å². The van der Waals surface area contributed by atoms with Gasteiger partial charge in [0.25, 0.3) is 0 Å². The molecule has 1 heterocycles. The molecule has 2 rings (SSSR count). The van der Waals surface area contributed by atoms with Crippen molar-refractivity contribution in [3.63, 3.8) is 0 Å². The third kappa shape index (κ3) is 1.48. The van der Waals surface area contributed by atoms with Crippen LogP contribution in [0, 0.1) is 0 Å². The molecule has 1 nitrogen and oxygen atoms in total. The fourth-order valence-corrected chi connectivity index (χ4v) is 1.22. The van der Waals surface area contributed by atoms with Crippen LogP contribution < -0.4 is 0 Å². The number of nitrogens with zero attached hydrogens (tertiary/aromatic N) is 1. The Balaban J connectivity index is 2.17. The quantitative estimate of drug-likeness (QED) is 0.592. The van der Waals surface area contributed by atoms with Gasteiger partial charge in [0, 0.05) is 12.4 Å². The highest BCUT2D eigenvalue weighted by atomic mass is 14.6. The molecule has 1 saturated carbocycles. The minimum Gasteiger partial charge on any atom is -0.264 e. The number of aromatic nitrogens is 1. The van der Waals surface area contributed by atoms with Crippen LogP contribution in [0.15, 0.2) is 30.1 Å². The summed E-state index contributed by atoms with van der Waals surface area (Å²) in [4.78, 5) is 4.05. The molecule has 0 radical (unpaired) electrons. The van der Waals surface area contributed by atoms with Crippen LogP contribution in [0.2, 0.25) is 0 Å². The van der Waals surface area contributed by atoms with Crippen LogP contribution in [0.4, 0.5) is 0 Å². The van der Waals surface area contributed by atoms with Gasteiger partial charge in [0.05, 0.1) is 0 Å². The molecule has 0 saturated heterocycles. The smallest absolute Gasteiger partial charge is 0.0340 e.